The molecule has 1 unspecified atom stereocenters. The van der Waals surface area contributed by atoms with Gasteiger partial charge >= 0.3 is 0 Å². The molecule has 0 spiro atoms. The van der Waals surface area contributed by atoms with Crippen molar-refractivity contribution in [3.05, 3.63) is 53.8 Å². The summed E-state index contributed by atoms with van der Waals surface area (Å²) in [5.74, 6) is -0.164. The summed E-state index contributed by atoms with van der Waals surface area (Å²) in [5.41, 5.74) is 7.69. The van der Waals surface area contributed by atoms with Crippen LogP contribution in [0.25, 0.3) is 0 Å². The molecule has 0 aromatic heterocycles. The third-order valence-corrected chi connectivity index (χ3v) is 5.97. The van der Waals surface area contributed by atoms with Crippen LogP contribution < -0.4 is 20.1 Å². The van der Waals surface area contributed by atoms with Gasteiger partial charge in [0.25, 0.3) is 0 Å². The van der Waals surface area contributed by atoms with E-state index in [0.29, 0.717) is 6.42 Å². The number of hydrogen-bond acceptors (Lipinski definition) is 7. The number of halogens is 1. The number of amidine groups is 1. The van der Waals surface area contributed by atoms with E-state index in [0.717, 1.165) is 45.9 Å². The van der Waals surface area contributed by atoms with E-state index in [2.05, 4.69) is 10.2 Å². The average Bonchev–Trinajstić information content (AvgIpc) is 3.35. The van der Waals surface area contributed by atoms with Crippen LogP contribution >= 0.6 is 11.8 Å². The Bertz CT molecular complexity index is 1120. The van der Waals surface area contributed by atoms with Crippen molar-refractivity contribution in [2.45, 2.75) is 31.4 Å². The lowest BCUT2D eigenvalue weighted by atomic mass is 10.1. The summed E-state index contributed by atoms with van der Waals surface area (Å²) >= 11 is 0.949. The van der Waals surface area contributed by atoms with Crippen molar-refractivity contribution >= 4 is 40.1 Å². The zero-order valence-corrected chi connectivity index (χ0v) is 18.1. The Morgan fingerprint density at radius 1 is 1.19 bits per heavy atom. The van der Waals surface area contributed by atoms with Crippen LogP contribution in [0, 0.1) is 5.82 Å². The fourth-order valence-corrected chi connectivity index (χ4v) is 4.17. The van der Waals surface area contributed by atoms with Gasteiger partial charge in [0.05, 0.1) is 5.69 Å². The lowest BCUT2D eigenvalue weighted by Crippen LogP contribution is -2.32. The summed E-state index contributed by atoms with van der Waals surface area (Å²) in [6.07, 6.45) is 1.31. The highest BCUT2D eigenvalue weighted by molar-refractivity contribution is 8.14. The third-order valence-electron chi connectivity index (χ3n) is 4.99. The first-order valence-electron chi connectivity index (χ1n) is 9.95. The number of para-hydroxylation sites is 1. The van der Waals surface area contributed by atoms with E-state index in [1.807, 2.05) is 25.1 Å². The summed E-state index contributed by atoms with van der Waals surface area (Å²) in [6.45, 7) is 2.07. The molecule has 2 heterocycles. The second-order valence-corrected chi connectivity index (χ2v) is 8.51. The van der Waals surface area contributed by atoms with Gasteiger partial charge in [0.15, 0.2) is 16.7 Å². The van der Waals surface area contributed by atoms with Gasteiger partial charge in [-0.15, -0.1) is 5.10 Å². The smallest absolute Gasteiger partial charge is 0.247 e. The molecule has 0 radical (unpaired) electrons. The maximum Gasteiger partial charge on any atom is 0.247 e. The first kappa shape index (κ1) is 21.8. The van der Waals surface area contributed by atoms with Gasteiger partial charge in [0, 0.05) is 12.1 Å². The Kier molecular flexibility index (Phi) is 6.40. The summed E-state index contributed by atoms with van der Waals surface area (Å²) in [4.78, 5) is 25.8. The van der Waals surface area contributed by atoms with Gasteiger partial charge in [0.2, 0.25) is 18.6 Å². The number of carbonyl (C=O) groups excluding carboxylic acids is 2. The quantitative estimate of drug-likeness (QED) is 0.310. The van der Waals surface area contributed by atoms with E-state index in [4.69, 9.17) is 15.2 Å². The molecule has 32 heavy (non-hydrogen) atoms. The molecule has 2 aliphatic heterocycles. The van der Waals surface area contributed by atoms with E-state index in [1.54, 1.807) is 6.07 Å². The second kappa shape index (κ2) is 9.39. The number of amides is 2. The highest BCUT2D eigenvalue weighted by Crippen LogP contribution is 2.33. The predicted molar refractivity (Wildman–Crippen MR) is 121 cm³/mol. The first-order valence-corrected chi connectivity index (χ1v) is 10.8. The Morgan fingerprint density at radius 2 is 1.97 bits per heavy atom. The number of rotatable bonds is 6. The zero-order valence-electron chi connectivity index (χ0n) is 17.3. The van der Waals surface area contributed by atoms with Gasteiger partial charge in [-0.25, -0.2) is 9.29 Å². The van der Waals surface area contributed by atoms with Crippen molar-refractivity contribution < 1.29 is 23.5 Å². The number of imide groups is 1. The summed E-state index contributed by atoms with van der Waals surface area (Å²) in [6, 6.07) is 11.4. The van der Waals surface area contributed by atoms with Crippen LogP contribution in [-0.4, -0.2) is 34.7 Å². The van der Waals surface area contributed by atoms with Crippen molar-refractivity contribution in [3.8, 4) is 11.5 Å². The van der Waals surface area contributed by atoms with Crippen molar-refractivity contribution in [1.29, 1.82) is 0 Å². The Morgan fingerprint density at radius 3 is 2.78 bits per heavy atom. The molecular weight excluding hydrogens is 435 g/mol. The largest absolute Gasteiger partial charge is 0.454 e. The monoisotopic (exact) mass is 456 g/mol. The number of hydrogen-bond donors (Lipinski definition) is 1. The molecule has 4 rings (SSSR count). The Labute approximate surface area is 188 Å². The molecule has 2 aromatic carbocycles. The molecule has 1 saturated heterocycles. The summed E-state index contributed by atoms with van der Waals surface area (Å²) in [5, 5.41) is 7.39. The minimum Gasteiger partial charge on any atom is -0.454 e. The van der Waals surface area contributed by atoms with Crippen LogP contribution in [0.15, 0.2) is 52.7 Å². The Hall–Kier alpha value is -3.40. The fourth-order valence-electron chi connectivity index (χ4n) is 3.36. The molecule has 0 bridgehead atoms. The van der Waals surface area contributed by atoms with Crippen LogP contribution in [0.5, 0.6) is 11.5 Å². The minimum absolute atomic E-state index is 0.0570. The highest BCUT2D eigenvalue weighted by Gasteiger charge is 2.41. The van der Waals surface area contributed by atoms with Crippen molar-refractivity contribution in [2.75, 3.05) is 11.7 Å². The maximum absolute atomic E-state index is 14.0. The number of aryl methyl sites for hydroxylation is 1. The number of thioether (sulfide) groups is 1. The molecule has 1 atom stereocenters. The average molecular weight is 456 g/mol. The molecule has 2 aliphatic rings. The normalized spacial score (nSPS) is 18.6. The van der Waals surface area contributed by atoms with Crippen molar-refractivity contribution in [1.82, 2.24) is 0 Å². The van der Waals surface area contributed by atoms with Crippen LogP contribution in [-0.2, 0) is 16.0 Å². The van der Waals surface area contributed by atoms with Crippen LogP contribution in [0.1, 0.15) is 25.3 Å². The van der Waals surface area contributed by atoms with Gasteiger partial charge < -0.3 is 15.2 Å². The van der Waals surface area contributed by atoms with E-state index in [1.165, 1.54) is 18.2 Å². The molecule has 2 aromatic rings. The standard InChI is InChI=1S/C22H21FN4O4S/c1-13(6-7-14-8-9-17-18(10-14)31-12-30-17)25-26-22(24)32-19-11-20(28)27(21(19)29)16-5-3-2-4-15(16)23/h2-5,8-10,19H,6-7,11-12H2,1H3,(H2,24,26). The number of nitrogens with zero attached hydrogens (tertiary/aromatic N) is 3. The number of fused-ring (bicyclic) bond motifs is 1. The lowest BCUT2D eigenvalue weighted by Gasteiger charge is -2.15. The topological polar surface area (TPSA) is 107 Å². The molecule has 1 fully saturated rings. The Balaban J connectivity index is 1.34. The van der Waals surface area contributed by atoms with Crippen LogP contribution in [0.3, 0.4) is 0 Å². The zero-order chi connectivity index (χ0) is 22.7. The number of anilines is 1. The van der Waals surface area contributed by atoms with Crippen molar-refractivity contribution in [3.63, 3.8) is 0 Å². The summed E-state index contributed by atoms with van der Waals surface area (Å²) in [7, 11) is 0. The molecule has 10 heteroatoms. The predicted octanol–water partition coefficient (Wildman–Crippen LogP) is 3.24. The third kappa shape index (κ3) is 4.75. The van der Waals surface area contributed by atoms with E-state index in [9.17, 15) is 14.0 Å². The lowest BCUT2D eigenvalue weighted by molar-refractivity contribution is -0.121. The molecule has 2 amide bonds. The molecule has 2 N–H and O–H groups in total. The van der Waals surface area contributed by atoms with E-state index < -0.39 is 22.9 Å². The molecule has 0 aliphatic carbocycles. The van der Waals surface area contributed by atoms with Crippen molar-refractivity contribution in [2.24, 2.45) is 15.9 Å². The number of benzene rings is 2. The van der Waals surface area contributed by atoms with Crippen LogP contribution in [0.2, 0.25) is 0 Å². The van der Waals surface area contributed by atoms with Gasteiger partial charge in [-0.05, 0) is 49.6 Å². The fraction of sp³-hybridized carbons (Fsp3) is 0.273. The van der Waals surface area contributed by atoms with Gasteiger partial charge in [-0.2, -0.15) is 5.10 Å². The number of carbonyl (C=O) groups is 2. The van der Waals surface area contributed by atoms with E-state index >= 15 is 0 Å². The summed E-state index contributed by atoms with van der Waals surface area (Å²) < 4.78 is 24.7. The molecule has 0 saturated carbocycles. The highest BCUT2D eigenvalue weighted by atomic mass is 32.2. The first-order chi connectivity index (χ1) is 15.4. The van der Waals surface area contributed by atoms with Gasteiger partial charge in [-0.1, -0.05) is 30.0 Å². The molecule has 166 valence electrons. The second-order valence-electron chi connectivity index (χ2n) is 7.29. The molecule has 8 nitrogen and oxygen atoms in total. The van der Waals surface area contributed by atoms with Gasteiger partial charge in [0.1, 0.15) is 11.1 Å². The molecular formula is C22H21FN4O4S. The minimum atomic E-state index is -0.769. The van der Waals surface area contributed by atoms with E-state index in [-0.39, 0.29) is 24.1 Å². The SMILES string of the molecule is CC(CCc1ccc2c(c1)OCO2)=NN=C(N)SC1CC(=O)N(c2ccccc2F)C1=O. The van der Waals surface area contributed by atoms with Gasteiger partial charge in [-0.3, -0.25) is 9.59 Å². The van der Waals surface area contributed by atoms with Crippen LogP contribution in [0.4, 0.5) is 10.1 Å². The maximum atomic E-state index is 14.0. The number of ether oxygens (including phenoxy) is 2. The number of nitrogens with two attached hydrogens (primary N) is 1.